The molecule has 7 nitrogen and oxygen atoms in total. The molecule has 0 aliphatic carbocycles. The first-order valence-corrected chi connectivity index (χ1v) is 13.4. The van der Waals surface area contributed by atoms with Crippen molar-refractivity contribution in [3.63, 3.8) is 0 Å². The van der Waals surface area contributed by atoms with Crippen LogP contribution < -0.4 is 15.2 Å². The molecule has 0 atom stereocenters. The van der Waals surface area contributed by atoms with E-state index in [-0.39, 0.29) is 28.5 Å². The lowest BCUT2D eigenvalue weighted by molar-refractivity contribution is -0.142. The quantitative estimate of drug-likeness (QED) is 0.246. The first-order valence-electron chi connectivity index (χ1n) is 12.2. The number of nitrogens with zero attached hydrogens (tertiary/aromatic N) is 2. The Balaban J connectivity index is 1.57. The van der Waals surface area contributed by atoms with Gasteiger partial charge in [-0.3, -0.25) is 9.59 Å². The van der Waals surface area contributed by atoms with Gasteiger partial charge in [0.25, 0.3) is 11.7 Å². The molecular weight excluding hydrogens is 498 g/mol. The minimum Gasteiger partial charge on any atom is -0.494 e. The van der Waals surface area contributed by atoms with Crippen molar-refractivity contribution < 1.29 is 19.1 Å². The Bertz CT molecular complexity index is 1370. The van der Waals surface area contributed by atoms with Crippen LogP contribution in [0.2, 0.25) is 0 Å². The number of hydrogen-bond acceptors (Lipinski definition) is 7. The zero-order valence-corrected chi connectivity index (χ0v) is 22.6. The second kappa shape index (κ2) is 12.0. The van der Waals surface area contributed by atoms with Crippen LogP contribution in [-0.4, -0.2) is 55.1 Å². The molecule has 0 saturated carbocycles. The van der Waals surface area contributed by atoms with Crippen molar-refractivity contribution in [2.75, 3.05) is 39.3 Å². The monoisotopic (exact) mass is 529 g/mol. The molecule has 2 N–H and O–H groups in total. The Morgan fingerprint density at radius 2 is 1.61 bits per heavy atom. The highest BCUT2D eigenvalue weighted by Gasteiger charge is 2.31. The van der Waals surface area contributed by atoms with E-state index in [4.69, 9.17) is 15.2 Å². The summed E-state index contributed by atoms with van der Waals surface area (Å²) in [7, 11) is 2.85. The van der Waals surface area contributed by atoms with Gasteiger partial charge in [0.1, 0.15) is 11.4 Å². The maximum atomic E-state index is 13.2. The fraction of sp³-hybridized carbons (Fsp3) is 0.233. The second-order valence-corrected chi connectivity index (χ2v) is 9.68. The standard InChI is InChI=1S/C30H31N3O4S/c1-19(25-24(36-2)18-32-29(37-3)27(25)31)28(34)30(35)33-16-14-22(15-17-33)26(20-8-6-5-7-9-20)21-10-12-23(38-4)13-11-21/h5-13,18H,1,14-17,31H2,2-4H3. The molecule has 1 saturated heterocycles. The number of amides is 1. The normalized spacial score (nSPS) is 13.1. The summed E-state index contributed by atoms with van der Waals surface area (Å²) in [6.45, 7) is 4.73. The number of rotatable bonds is 8. The van der Waals surface area contributed by atoms with E-state index in [9.17, 15) is 9.59 Å². The summed E-state index contributed by atoms with van der Waals surface area (Å²) in [6, 6.07) is 18.8. The first kappa shape index (κ1) is 27.0. The summed E-state index contributed by atoms with van der Waals surface area (Å²) in [6.07, 6.45) is 4.77. The number of carbonyl (C=O) groups excluding carboxylic acids is 2. The molecule has 1 aliphatic heterocycles. The van der Waals surface area contributed by atoms with Gasteiger partial charge in [0.15, 0.2) is 0 Å². The average molecular weight is 530 g/mol. The molecule has 1 aromatic heterocycles. The number of Topliss-reactive ketones (excluding diaryl/α,β-unsaturated/α-hetero) is 1. The highest BCUT2D eigenvalue weighted by molar-refractivity contribution is 7.98. The van der Waals surface area contributed by atoms with Crippen LogP contribution in [0, 0.1) is 0 Å². The van der Waals surface area contributed by atoms with Gasteiger partial charge < -0.3 is 20.1 Å². The minimum atomic E-state index is -0.730. The number of nitrogens with two attached hydrogens (primary N) is 1. The molecule has 196 valence electrons. The Morgan fingerprint density at radius 3 is 2.18 bits per heavy atom. The van der Waals surface area contributed by atoms with Gasteiger partial charge in [-0.15, -0.1) is 11.8 Å². The van der Waals surface area contributed by atoms with Crippen molar-refractivity contribution in [1.82, 2.24) is 9.88 Å². The van der Waals surface area contributed by atoms with Crippen molar-refractivity contribution in [3.8, 4) is 11.6 Å². The largest absolute Gasteiger partial charge is 0.494 e. The van der Waals surface area contributed by atoms with Crippen LogP contribution in [0.3, 0.4) is 0 Å². The van der Waals surface area contributed by atoms with Crippen molar-refractivity contribution in [1.29, 1.82) is 0 Å². The van der Waals surface area contributed by atoms with E-state index in [2.05, 4.69) is 54.2 Å². The lowest BCUT2D eigenvalue weighted by Crippen LogP contribution is -2.41. The zero-order valence-electron chi connectivity index (χ0n) is 21.8. The average Bonchev–Trinajstić information content (AvgIpc) is 2.97. The van der Waals surface area contributed by atoms with Crippen LogP contribution in [0.15, 0.2) is 77.8 Å². The maximum absolute atomic E-state index is 13.2. The maximum Gasteiger partial charge on any atom is 0.294 e. The molecule has 2 heterocycles. The third-order valence-corrected chi connectivity index (χ3v) is 7.42. The lowest BCUT2D eigenvalue weighted by Gasteiger charge is -2.30. The third kappa shape index (κ3) is 5.45. The van der Waals surface area contributed by atoms with E-state index >= 15 is 0 Å². The summed E-state index contributed by atoms with van der Waals surface area (Å²) in [5, 5.41) is 0. The fourth-order valence-electron chi connectivity index (χ4n) is 4.67. The van der Waals surface area contributed by atoms with Gasteiger partial charge in [0, 0.05) is 23.6 Å². The number of carbonyl (C=O) groups is 2. The number of ketones is 1. The number of thioether (sulfide) groups is 1. The Hall–Kier alpha value is -4.04. The fourth-order valence-corrected chi connectivity index (χ4v) is 5.08. The number of aromatic nitrogens is 1. The summed E-state index contributed by atoms with van der Waals surface area (Å²) in [4.78, 5) is 33.3. The molecule has 0 bridgehead atoms. The molecule has 8 heteroatoms. The molecule has 4 rings (SSSR count). The zero-order chi connectivity index (χ0) is 27.2. The van der Waals surface area contributed by atoms with E-state index in [1.165, 1.54) is 36.5 Å². The van der Waals surface area contributed by atoms with Crippen molar-refractivity contribution >= 4 is 40.3 Å². The number of anilines is 1. The summed E-state index contributed by atoms with van der Waals surface area (Å²) < 4.78 is 10.5. The molecule has 3 aromatic rings. The van der Waals surface area contributed by atoms with Gasteiger partial charge in [-0.25, -0.2) is 4.98 Å². The second-order valence-electron chi connectivity index (χ2n) is 8.80. The Kier molecular flexibility index (Phi) is 8.53. The van der Waals surface area contributed by atoms with Gasteiger partial charge in [0.2, 0.25) is 5.88 Å². The molecule has 1 aliphatic rings. The van der Waals surface area contributed by atoms with Crippen molar-refractivity contribution in [2.45, 2.75) is 17.7 Å². The van der Waals surface area contributed by atoms with Gasteiger partial charge in [-0.2, -0.15) is 0 Å². The lowest BCUT2D eigenvalue weighted by atomic mass is 9.88. The molecule has 0 radical (unpaired) electrons. The number of pyridine rings is 1. The molecule has 38 heavy (non-hydrogen) atoms. The van der Waals surface area contributed by atoms with E-state index in [1.54, 1.807) is 16.7 Å². The van der Waals surface area contributed by atoms with Gasteiger partial charge in [-0.1, -0.05) is 54.6 Å². The van der Waals surface area contributed by atoms with Crippen molar-refractivity contribution in [3.05, 3.63) is 89.6 Å². The van der Waals surface area contributed by atoms with Crippen LogP contribution in [0.25, 0.3) is 11.1 Å². The number of benzene rings is 2. The van der Waals surface area contributed by atoms with Gasteiger partial charge >= 0.3 is 0 Å². The first-order chi connectivity index (χ1) is 18.4. The van der Waals surface area contributed by atoms with Gasteiger partial charge in [-0.05, 0) is 47.9 Å². The van der Waals surface area contributed by atoms with Crippen LogP contribution in [0.4, 0.5) is 5.69 Å². The smallest absolute Gasteiger partial charge is 0.294 e. The number of ether oxygens (including phenoxy) is 2. The number of hydrogen-bond donors (Lipinski definition) is 1. The Morgan fingerprint density at radius 1 is 0.974 bits per heavy atom. The molecule has 2 aromatic carbocycles. The highest BCUT2D eigenvalue weighted by Crippen LogP contribution is 2.37. The SMILES string of the molecule is C=C(C(=O)C(=O)N1CCC(=C(c2ccccc2)c2ccc(SC)cc2)CC1)c1c(OC)cnc(OC)c1N. The summed E-state index contributed by atoms with van der Waals surface area (Å²) in [5.74, 6) is -0.962. The van der Waals surface area contributed by atoms with Crippen molar-refractivity contribution in [2.24, 2.45) is 0 Å². The topological polar surface area (TPSA) is 94.8 Å². The summed E-state index contributed by atoms with van der Waals surface area (Å²) >= 11 is 1.71. The molecule has 0 unspecified atom stereocenters. The molecule has 1 fully saturated rings. The van der Waals surface area contributed by atoms with Gasteiger partial charge in [0.05, 0.1) is 26.0 Å². The molecule has 0 spiro atoms. The van der Waals surface area contributed by atoms with Crippen LogP contribution >= 0.6 is 11.8 Å². The molecular formula is C30H31N3O4S. The number of likely N-dealkylation sites (tertiary alicyclic amines) is 1. The van der Waals surface area contributed by atoms with Crippen LogP contribution in [0.5, 0.6) is 11.6 Å². The number of piperidine rings is 1. The van der Waals surface area contributed by atoms with E-state index < -0.39 is 11.7 Å². The third-order valence-electron chi connectivity index (χ3n) is 6.68. The predicted octanol–water partition coefficient (Wildman–Crippen LogP) is 5.11. The number of nitrogen functional groups attached to an aromatic ring is 1. The van der Waals surface area contributed by atoms with Crippen LogP contribution in [-0.2, 0) is 9.59 Å². The highest BCUT2D eigenvalue weighted by atomic mass is 32.2. The van der Waals surface area contributed by atoms with E-state index in [0.29, 0.717) is 25.9 Å². The number of methoxy groups -OCH3 is 2. The molecule has 1 amide bonds. The van der Waals surface area contributed by atoms with E-state index in [0.717, 1.165) is 11.1 Å². The minimum absolute atomic E-state index is 0.0507. The predicted molar refractivity (Wildman–Crippen MR) is 152 cm³/mol. The van der Waals surface area contributed by atoms with Crippen LogP contribution in [0.1, 0.15) is 29.5 Å². The Labute approximate surface area is 227 Å². The summed E-state index contributed by atoms with van der Waals surface area (Å²) in [5.41, 5.74) is 11.1. The van der Waals surface area contributed by atoms with E-state index in [1.807, 2.05) is 18.2 Å².